The number of aromatic amines is 1. The molecule has 2 heterocycles. The van der Waals surface area contributed by atoms with Gasteiger partial charge in [0.15, 0.2) is 0 Å². The molecule has 3 aromatic rings. The van der Waals surface area contributed by atoms with Crippen LogP contribution in [0.5, 0.6) is 0 Å². The summed E-state index contributed by atoms with van der Waals surface area (Å²) in [5.41, 5.74) is 5.30. The maximum Gasteiger partial charge on any atom is 0.137 e. The van der Waals surface area contributed by atoms with E-state index in [-0.39, 0.29) is 0 Å². The highest BCUT2D eigenvalue weighted by molar-refractivity contribution is 5.79. The number of rotatable bonds is 3. The second-order valence-corrected chi connectivity index (χ2v) is 5.80. The van der Waals surface area contributed by atoms with Crippen LogP contribution in [0.15, 0.2) is 48.8 Å². The number of H-pyrrole nitrogens is 1. The summed E-state index contributed by atoms with van der Waals surface area (Å²) in [5, 5.41) is 4.93. The molecule has 1 aromatic carbocycles. The molecule has 3 nitrogen and oxygen atoms in total. The number of hydrogen-bond donors (Lipinski definition) is 2. The van der Waals surface area contributed by atoms with Crippen molar-refractivity contribution < 1.29 is 0 Å². The minimum atomic E-state index is 0.571. The fraction of sp³-hybridized carbons (Fsp3) is 0.278. The SMILES string of the molecule is c1ccc2c(c1)CCC(NCc1c[nH]c3ncccc13)C2. The lowest BCUT2D eigenvalue weighted by atomic mass is 9.88. The van der Waals surface area contributed by atoms with E-state index in [1.807, 2.05) is 12.3 Å². The predicted octanol–water partition coefficient (Wildman–Crippen LogP) is 3.21. The van der Waals surface area contributed by atoms with E-state index in [9.17, 15) is 0 Å². The second-order valence-electron chi connectivity index (χ2n) is 5.80. The molecule has 3 heteroatoms. The van der Waals surface area contributed by atoms with Crippen LogP contribution in [0.1, 0.15) is 23.1 Å². The van der Waals surface area contributed by atoms with Crippen LogP contribution in [0.3, 0.4) is 0 Å². The number of nitrogens with one attached hydrogen (secondary N) is 2. The molecule has 0 aliphatic heterocycles. The second kappa shape index (κ2) is 5.34. The van der Waals surface area contributed by atoms with Gasteiger partial charge in [0.25, 0.3) is 0 Å². The standard InChI is InChI=1S/C18H19N3/c1-2-5-14-10-16(8-7-13(14)4-1)20-11-15-12-21-18-17(15)6-3-9-19-18/h1-6,9,12,16,20H,7-8,10-11H2,(H,19,21). The molecule has 0 bridgehead atoms. The lowest BCUT2D eigenvalue weighted by Crippen LogP contribution is -2.34. The number of nitrogens with zero attached hydrogens (tertiary/aromatic N) is 1. The Morgan fingerprint density at radius 1 is 1.14 bits per heavy atom. The summed E-state index contributed by atoms with van der Waals surface area (Å²) in [5.74, 6) is 0. The molecule has 21 heavy (non-hydrogen) atoms. The maximum atomic E-state index is 4.34. The number of aryl methyl sites for hydroxylation is 1. The number of aromatic nitrogens is 2. The van der Waals surface area contributed by atoms with Gasteiger partial charge in [-0.1, -0.05) is 24.3 Å². The first kappa shape index (κ1) is 12.6. The molecule has 1 atom stereocenters. The van der Waals surface area contributed by atoms with Crippen LogP contribution in [-0.4, -0.2) is 16.0 Å². The topological polar surface area (TPSA) is 40.7 Å². The van der Waals surface area contributed by atoms with Crippen molar-refractivity contribution in [3.8, 4) is 0 Å². The normalized spacial score (nSPS) is 17.8. The molecular formula is C18H19N3. The van der Waals surface area contributed by atoms with Gasteiger partial charge in [-0.3, -0.25) is 0 Å². The summed E-state index contributed by atoms with van der Waals surface area (Å²) in [6, 6.07) is 13.5. The third kappa shape index (κ3) is 2.45. The van der Waals surface area contributed by atoms with Crippen molar-refractivity contribution in [3.05, 3.63) is 65.5 Å². The third-order valence-corrected chi connectivity index (χ3v) is 4.46. The lowest BCUT2D eigenvalue weighted by molar-refractivity contribution is 0.458. The highest BCUT2D eigenvalue weighted by Crippen LogP contribution is 2.22. The predicted molar refractivity (Wildman–Crippen MR) is 85.2 cm³/mol. The van der Waals surface area contributed by atoms with E-state index in [0.717, 1.165) is 18.6 Å². The summed E-state index contributed by atoms with van der Waals surface area (Å²) >= 11 is 0. The minimum Gasteiger partial charge on any atom is -0.346 e. The molecule has 0 radical (unpaired) electrons. The Morgan fingerprint density at radius 2 is 2.05 bits per heavy atom. The van der Waals surface area contributed by atoms with Crippen LogP contribution < -0.4 is 5.32 Å². The Morgan fingerprint density at radius 3 is 3.00 bits per heavy atom. The Balaban J connectivity index is 1.46. The van der Waals surface area contributed by atoms with Crippen LogP contribution in [0, 0.1) is 0 Å². The lowest BCUT2D eigenvalue weighted by Gasteiger charge is -2.25. The van der Waals surface area contributed by atoms with E-state index in [4.69, 9.17) is 0 Å². The van der Waals surface area contributed by atoms with Crippen LogP contribution in [0.4, 0.5) is 0 Å². The molecule has 4 rings (SSSR count). The van der Waals surface area contributed by atoms with Crippen molar-refractivity contribution >= 4 is 11.0 Å². The Hall–Kier alpha value is -2.13. The van der Waals surface area contributed by atoms with E-state index in [2.05, 4.69) is 51.8 Å². The highest BCUT2D eigenvalue weighted by Gasteiger charge is 2.17. The molecule has 1 aliphatic carbocycles. The van der Waals surface area contributed by atoms with Crippen LogP contribution >= 0.6 is 0 Å². The number of fused-ring (bicyclic) bond motifs is 2. The summed E-state index contributed by atoms with van der Waals surface area (Å²) in [7, 11) is 0. The molecule has 2 N–H and O–H groups in total. The van der Waals surface area contributed by atoms with Gasteiger partial charge in [0.05, 0.1) is 0 Å². The van der Waals surface area contributed by atoms with Crippen LogP contribution in [-0.2, 0) is 19.4 Å². The zero-order valence-corrected chi connectivity index (χ0v) is 12.0. The van der Waals surface area contributed by atoms with Gasteiger partial charge < -0.3 is 10.3 Å². The molecule has 0 amide bonds. The average Bonchev–Trinajstić information content (AvgIpc) is 2.96. The number of pyridine rings is 1. The van der Waals surface area contributed by atoms with Gasteiger partial charge in [0.2, 0.25) is 0 Å². The van der Waals surface area contributed by atoms with Crippen molar-refractivity contribution in [2.45, 2.75) is 31.8 Å². The van der Waals surface area contributed by atoms with Gasteiger partial charge in [-0.25, -0.2) is 4.98 Å². The van der Waals surface area contributed by atoms with E-state index >= 15 is 0 Å². The van der Waals surface area contributed by atoms with Crippen LogP contribution in [0.2, 0.25) is 0 Å². The molecule has 0 saturated carbocycles. The Labute approximate surface area is 124 Å². The first-order valence-corrected chi connectivity index (χ1v) is 7.61. The first-order chi connectivity index (χ1) is 10.4. The van der Waals surface area contributed by atoms with Gasteiger partial charge in [-0.2, -0.15) is 0 Å². The van der Waals surface area contributed by atoms with Crippen molar-refractivity contribution in [1.29, 1.82) is 0 Å². The summed E-state index contributed by atoms with van der Waals surface area (Å²) in [6.45, 7) is 0.901. The monoisotopic (exact) mass is 277 g/mol. The molecular weight excluding hydrogens is 258 g/mol. The van der Waals surface area contributed by atoms with Crippen molar-refractivity contribution in [2.24, 2.45) is 0 Å². The van der Waals surface area contributed by atoms with E-state index in [0.29, 0.717) is 6.04 Å². The molecule has 1 aliphatic rings. The van der Waals surface area contributed by atoms with Gasteiger partial charge in [0.1, 0.15) is 5.65 Å². The molecule has 0 fully saturated rings. The maximum absolute atomic E-state index is 4.34. The zero-order chi connectivity index (χ0) is 14.1. The molecule has 1 unspecified atom stereocenters. The summed E-state index contributed by atoms with van der Waals surface area (Å²) < 4.78 is 0. The average molecular weight is 277 g/mol. The molecule has 0 spiro atoms. The van der Waals surface area contributed by atoms with E-state index in [1.54, 1.807) is 0 Å². The van der Waals surface area contributed by atoms with Gasteiger partial charge in [-0.05, 0) is 48.1 Å². The van der Waals surface area contributed by atoms with Gasteiger partial charge >= 0.3 is 0 Å². The Kier molecular flexibility index (Phi) is 3.20. The minimum absolute atomic E-state index is 0.571. The first-order valence-electron chi connectivity index (χ1n) is 7.61. The summed E-state index contributed by atoms with van der Waals surface area (Å²) in [4.78, 5) is 7.58. The van der Waals surface area contributed by atoms with Gasteiger partial charge in [0, 0.05) is 30.4 Å². The molecule has 106 valence electrons. The van der Waals surface area contributed by atoms with Crippen molar-refractivity contribution in [2.75, 3.05) is 0 Å². The largest absolute Gasteiger partial charge is 0.346 e. The van der Waals surface area contributed by atoms with E-state index in [1.165, 1.54) is 34.9 Å². The third-order valence-electron chi connectivity index (χ3n) is 4.46. The summed E-state index contributed by atoms with van der Waals surface area (Å²) in [6.07, 6.45) is 7.44. The molecule has 0 saturated heterocycles. The quantitative estimate of drug-likeness (QED) is 0.772. The molecule has 2 aromatic heterocycles. The van der Waals surface area contributed by atoms with Crippen LogP contribution in [0.25, 0.3) is 11.0 Å². The van der Waals surface area contributed by atoms with E-state index < -0.39 is 0 Å². The zero-order valence-electron chi connectivity index (χ0n) is 12.0. The fourth-order valence-electron chi connectivity index (χ4n) is 3.29. The van der Waals surface area contributed by atoms with Crippen molar-refractivity contribution in [3.63, 3.8) is 0 Å². The smallest absolute Gasteiger partial charge is 0.137 e. The van der Waals surface area contributed by atoms with Gasteiger partial charge in [-0.15, -0.1) is 0 Å². The highest BCUT2D eigenvalue weighted by atomic mass is 14.9. The number of benzene rings is 1. The van der Waals surface area contributed by atoms with Crippen molar-refractivity contribution in [1.82, 2.24) is 15.3 Å². The fourth-order valence-corrected chi connectivity index (χ4v) is 3.29. The Bertz CT molecular complexity index is 760. The number of hydrogen-bond acceptors (Lipinski definition) is 2.